The van der Waals surface area contributed by atoms with Crippen molar-refractivity contribution >= 4 is 45.2 Å². The van der Waals surface area contributed by atoms with Gasteiger partial charge < -0.3 is 26.2 Å². The lowest BCUT2D eigenvalue weighted by molar-refractivity contribution is -0.122. The number of amides is 4. The second-order valence-electron chi connectivity index (χ2n) is 11.9. The van der Waals surface area contributed by atoms with Crippen LogP contribution in [0.4, 0.5) is 0 Å². The summed E-state index contributed by atoms with van der Waals surface area (Å²) in [4.78, 5) is 52.4. The van der Waals surface area contributed by atoms with E-state index in [0.29, 0.717) is 52.0 Å². The molecule has 248 valence electrons. The van der Waals surface area contributed by atoms with Gasteiger partial charge in [-0.2, -0.15) is 0 Å². The molecule has 12 heteroatoms. The summed E-state index contributed by atoms with van der Waals surface area (Å²) in [6, 6.07) is 0. The Morgan fingerprint density at radius 1 is 0.744 bits per heavy atom. The van der Waals surface area contributed by atoms with Gasteiger partial charge in [0.2, 0.25) is 23.6 Å². The SMILES string of the molecule is C=CC(=O)NCC(C)(C)CCC(=O)NCCSSCCNC(=O)CCN(CCCCN(C)C)C(C)(CC)CNC(=O)C=C. The Kier molecular flexibility index (Phi) is 22.3. The van der Waals surface area contributed by atoms with Crippen LogP contribution in [-0.2, 0) is 19.2 Å². The van der Waals surface area contributed by atoms with Crippen LogP contribution in [0.25, 0.3) is 0 Å². The second-order valence-corrected chi connectivity index (χ2v) is 14.7. The molecule has 10 nitrogen and oxygen atoms in total. The summed E-state index contributed by atoms with van der Waals surface area (Å²) in [5, 5.41) is 11.7. The van der Waals surface area contributed by atoms with E-state index in [1.807, 2.05) is 13.8 Å². The van der Waals surface area contributed by atoms with Gasteiger partial charge in [-0.25, -0.2) is 0 Å². The van der Waals surface area contributed by atoms with Crippen LogP contribution in [0.15, 0.2) is 25.3 Å². The number of hydrogen-bond donors (Lipinski definition) is 4. The van der Waals surface area contributed by atoms with E-state index in [4.69, 9.17) is 0 Å². The van der Waals surface area contributed by atoms with Crippen molar-refractivity contribution in [2.24, 2.45) is 5.41 Å². The number of unbranched alkanes of at least 4 members (excludes halogenated alkanes) is 1. The van der Waals surface area contributed by atoms with Gasteiger partial charge in [0, 0.05) is 62.6 Å². The molecule has 1 unspecified atom stereocenters. The summed E-state index contributed by atoms with van der Waals surface area (Å²) in [6.45, 7) is 20.0. The van der Waals surface area contributed by atoms with Crippen LogP contribution >= 0.6 is 21.6 Å². The first-order chi connectivity index (χ1) is 20.3. The highest BCUT2D eigenvalue weighted by atomic mass is 33.1. The van der Waals surface area contributed by atoms with Crippen molar-refractivity contribution in [1.29, 1.82) is 0 Å². The maximum absolute atomic E-state index is 12.6. The maximum Gasteiger partial charge on any atom is 0.243 e. The molecule has 0 spiro atoms. The number of rotatable bonds is 26. The van der Waals surface area contributed by atoms with E-state index in [9.17, 15) is 19.2 Å². The average molecular weight is 643 g/mol. The van der Waals surface area contributed by atoms with Crippen molar-refractivity contribution < 1.29 is 19.2 Å². The first-order valence-corrected chi connectivity index (χ1v) is 17.8. The van der Waals surface area contributed by atoms with E-state index >= 15 is 0 Å². The van der Waals surface area contributed by atoms with E-state index in [0.717, 1.165) is 43.9 Å². The maximum atomic E-state index is 12.6. The normalized spacial score (nSPS) is 12.8. The molecule has 0 aromatic rings. The minimum absolute atomic E-state index is 0.00925. The Balaban J connectivity index is 4.32. The quantitative estimate of drug-likeness (QED) is 0.0645. The van der Waals surface area contributed by atoms with Gasteiger partial charge in [-0.05, 0) is 77.4 Å². The van der Waals surface area contributed by atoms with Gasteiger partial charge in [0.15, 0.2) is 0 Å². The van der Waals surface area contributed by atoms with Gasteiger partial charge >= 0.3 is 0 Å². The fraction of sp³-hybridized carbons (Fsp3) is 0.742. The van der Waals surface area contributed by atoms with Crippen molar-refractivity contribution in [2.75, 3.05) is 71.4 Å². The molecule has 0 aromatic carbocycles. The highest BCUT2D eigenvalue weighted by Gasteiger charge is 2.30. The minimum Gasteiger partial charge on any atom is -0.355 e. The molecule has 0 saturated heterocycles. The minimum atomic E-state index is -0.252. The summed E-state index contributed by atoms with van der Waals surface area (Å²) in [7, 11) is 7.48. The fourth-order valence-electron chi connectivity index (χ4n) is 4.13. The third kappa shape index (κ3) is 21.3. The van der Waals surface area contributed by atoms with Crippen molar-refractivity contribution in [3.05, 3.63) is 25.3 Å². The van der Waals surface area contributed by atoms with Crippen LogP contribution in [-0.4, -0.2) is 110 Å². The number of nitrogens with one attached hydrogen (secondary N) is 4. The molecular weight excluding hydrogens is 585 g/mol. The molecule has 0 aliphatic rings. The van der Waals surface area contributed by atoms with Crippen LogP contribution in [0.5, 0.6) is 0 Å². The highest BCUT2D eigenvalue weighted by molar-refractivity contribution is 8.76. The first kappa shape index (κ1) is 41.0. The molecule has 0 saturated carbocycles. The molecule has 0 fully saturated rings. The largest absolute Gasteiger partial charge is 0.355 e. The molecule has 1 atom stereocenters. The molecule has 0 radical (unpaired) electrons. The van der Waals surface area contributed by atoms with E-state index in [2.05, 4.69) is 72.2 Å². The molecule has 0 heterocycles. The van der Waals surface area contributed by atoms with E-state index in [1.54, 1.807) is 21.6 Å². The summed E-state index contributed by atoms with van der Waals surface area (Å²) < 4.78 is 0. The fourth-order valence-corrected chi connectivity index (χ4v) is 5.94. The van der Waals surface area contributed by atoms with E-state index < -0.39 is 0 Å². The van der Waals surface area contributed by atoms with Gasteiger partial charge in [-0.1, -0.05) is 55.5 Å². The Morgan fingerprint density at radius 3 is 1.77 bits per heavy atom. The Hall–Kier alpha value is -2.02. The van der Waals surface area contributed by atoms with Gasteiger partial charge in [-0.15, -0.1) is 0 Å². The Morgan fingerprint density at radius 2 is 1.26 bits per heavy atom. The van der Waals surface area contributed by atoms with Gasteiger partial charge in [0.05, 0.1) is 0 Å². The van der Waals surface area contributed by atoms with Crippen molar-refractivity contribution in [2.45, 2.75) is 71.8 Å². The third-order valence-corrected chi connectivity index (χ3v) is 9.71. The van der Waals surface area contributed by atoms with E-state index in [1.165, 1.54) is 12.2 Å². The zero-order chi connectivity index (χ0) is 32.7. The lowest BCUT2D eigenvalue weighted by Crippen LogP contribution is -2.54. The average Bonchev–Trinajstić information content (AvgIpc) is 2.98. The smallest absolute Gasteiger partial charge is 0.243 e. The molecule has 43 heavy (non-hydrogen) atoms. The highest BCUT2D eigenvalue weighted by Crippen LogP contribution is 2.22. The topological polar surface area (TPSA) is 123 Å². The second kappa shape index (κ2) is 23.4. The monoisotopic (exact) mass is 642 g/mol. The zero-order valence-electron chi connectivity index (χ0n) is 27.5. The van der Waals surface area contributed by atoms with Crippen LogP contribution in [0.2, 0.25) is 0 Å². The van der Waals surface area contributed by atoms with Crippen molar-refractivity contribution in [1.82, 2.24) is 31.1 Å². The summed E-state index contributed by atoms with van der Waals surface area (Å²) in [6.07, 6.45) is 6.97. The van der Waals surface area contributed by atoms with Gasteiger partial charge in [0.25, 0.3) is 0 Å². The number of hydrogen-bond acceptors (Lipinski definition) is 8. The van der Waals surface area contributed by atoms with Gasteiger partial charge in [-0.3, -0.25) is 24.1 Å². The summed E-state index contributed by atoms with van der Waals surface area (Å²) in [5.41, 5.74) is -0.424. The molecule has 0 aromatic heterocycles. The molecule has 0 aliphatic carbocycles. The Bertz CT molecular complexity index is 871. The third-order valence-electron chi connectivity index (χ3n) is 7.30. The zero-order valence-corrected chi connectivity index (χ0v) is 29.2. The molecule has 4 amide bonds. The lowest BCUT2D eigenvalue weighted by Gasteiger charge is -2.41. The summed E-state index contributed by atoms with van der Waals surface area (Å²) >= 11 is 0. The molecule has 0 bridgehead atoms. The molecule has 4 N–H and O–H groups in total. The number of carbonyl (C=O) groups excluding carboxylic acids is 4. The number of carbonyl (C=O) groups is 4. The number of nitrogens with zero attached hydrogens (tertiary/aromatic N) is 2. The van der Waals surface area contributed by atoms with Crippen molar-refractivity contribution in [3.8, 4) is 0 Å². The first-order valence-electron chi connectivity index (χ1n) is 15.3. The van der Waals surface area contributed by atoms with Gasteiger partial charge in [0.1, 0.15) is 0 Å². The standard InChI is InChI=1S/C31H58N6O4S2/c1-9-26(38)34-24-30(4,5)16-14-28(40)32-17-22-42-43-23-18-33-29(41)15-21-37(20-13-12-19-36(7)8)31(6,11-3)25-35-27(39)10-2/h9-10H,1-2,11-25H2,3-8H3,(H,32,40)(H,33,41)(H,34,38)(H,35,39). The molecule has 0 rings (SSSR count). The summed E-state index contributed by atoms with van der Waals surface area (Å²) in [5.74, 6) is 1.21. The Labute approximate surface area is 268 Å². The van der Waals surface area contributed by atoms with Crippen LogP contribution in [0.1, 0.15) is 66.2 Å². The van der Waals surface area contributed by atoms with E-state index in [-0.39, 0.29) is 34.6 Å². The predicted octanol–water partition coefficient (Wildman–Crippen LogP) is 3.21. The van der Waals surface area contributed by atoms with Crippen LogP contribution in [0.3, 0.4) is 0 Å². The molecular formula is C31H58N6O4S2. The predicted molar refractivity (Wildman–Crippen MR) is 183 cm³/mol. The lowest BCUT2D eigenvalue weighted by atomic mass is 9.87. The van der Waals surface area contributed by atoms with Crippen LogP contribution in [0, 0.1) is 5.41 Å². The van der Waals surface area contributed by atoms with Crippen LogP contribution < -0.4 is 21.3 Å². The van der Waals surface area contributed by atoms with Crippen molar-refractivity contribution in [3.63, 3.8) is 0 Å². The molecule has 0 aliphatic heterocycles.